The summed E-state index contributed by atoms with van der Waals surface area (Å²) in [4.78, 5) is 0. The highest BCUT2D eigenvalue weighted by molar-refractivity contribution is 4.65. The molecular formula is C11H23NO3. The summed E-state index contributed by atoms with van der Waals surface area (Å²) in [6, 6.07) is 0. The molecule has 1 unspecified atom stereocenters. The Kier molecular flexibility index (Phi) is 7.83. The molecule has 4 nitrogen and oxygen atoms in total. The molecule has 1 rings (SSSR count). The molecule has 0 aromatic rings. The van der Waals surface area contributed by atoms with Gasteiger partial charge in [0.2, 0.25) is 0 Å². The minimum atomic E-state index is 0.118. The monoisotopic (exact) mass is 217 g/mol. The van der Waals surface area contributed by atoms with E-state index in [1.165, 1.54) is 12.8 Å². The topological polar surface area (TPSA) is 50.7 Å². The maximum absolute atomic E-state index is 8.47. The fourth-order valence-electron chi connectivity index (χ4n) is 1.73. The Hall–Kier alpha value is -0.160. The Morgan fingerprint density at radius 1 is 1.33 bits per heavy atom. The molecule has 1 atom stereocenters. The van der Waals surface area contributed by atoms with Crippen molar-refractivity contribution in [2.75, 3.05) is 39.5 Å². The standard InChI is InChI=1S/C11H23NO3/c13-7-10-14-8-2-5-12-6-4-11-3-1-9-15-11/h11-13H,1-10H2. The minimum absolute atomic E-state index is 0.118. The molecule has 1 aliphatic heterocycles. The van der Waals surface area contributed by atoms with Crippen LogP contribution in [0.15, 0.2) is 0 Å². The van der Waals surface area contributed by atoms with Crippen LogP contribution in [0.4, 0.5) is 0 Å². The SMILES string of the molecule is OCCOCCCNCCC1CCCO1. The maximum atomic E-state index is 8.47. The van der Waals surface area contributed by atoms with Crippen molar-refractivity contribution in [3.05, 3.63) is 0 Å². The Bertz CT molecular complexity index is 138. The molecule has 1 heterocycles. The second kappa shape index (κ2) is 9.09. The normalized spacial score (nSPS) is 21.0. The smallest absolute Gasteiger partial charge is 0.0697 e. The van der Waals surface area contributed by atoms with E-state index in [9.17, 15) is 0 Å². The highest BCUT2D eigenvalue weighted by Gasteiger charge is 2.13. The number of nitrogens with one attached hydrogen (secondary N) is 1. The van der Waals surface area contributed by atoms with E-state index in [0.29, 0.717) is 12.7 Å². The maximum Gasteiger partial charge on any atom is 0.0697 e. The first-order valence-corrected chi connectivity index (χ1v) is 5.94. The van der Waals surface area contributed by atoms with E-state index >= 15 is 0 Å². The summed E-state index contributed by atoms with van der Waals surface area (Å²) in [6.07, 6.45) is 5.06. The molecule has 4 heteroatoms. The molecule has 1 fully saturated rings. The zero-order valence-corrected chi connectivity index (χ0v) is 9.41. The Labute approximate surface area is 92.0 Å². The van der Waals surface area contributed by atoms with Crippen LogP contribution >= 0.6 is 0 Å². The number of hydrogen-bond donors (Lipinski definition) is 2. The fourth-order valence-corrected chi connectivity index (χ4v) is 1.73. The molecule has 0 aromatic carbocycles. The third-order valence-electron chi connectivity index (χ3n) is 2.54. The molecule has 0 bridgehead atoms. The average Bonchev–Trinajstić information content (AvgIpc) is 2.75. The van der Waals surface area contributed by atoms with Crippen molar-refractivity contribution in [1.82, 2.24) is 5.32 Å². The van der Waals surface area contributed by atoms with Gasteiger partial charge in [0, 0.05) is 13.2 Å². The van der Waals surface area contributed by atoms with E-state index < -0.39 is 0 Å². The Morgan fingerprint density at radius 3 is 3.00 bits per heavy atom. The van der Waals surface area contributed by atoms with E-state index in [0.717, 1.165) is 39.1 Å². The van der Waals surface area contributed by atoms with Gasteiger partial charge in [0.1, 0.15) is 0 Å². The van der Waals surface area contributed by atoms with Gasteiger partial charge >= 0.3 is 0 Å². The van der Waals surface area contributed by atoms with Crippen LogP contribution in [-0.2, 0) is 9.47 Å². The van der Waals surface area contributed by atoms with Crippen LogP contribution in [-0.4, -0.2) is 50.7 Å². The lowest BCUT2D eigenvalue weighted by atomic mass is 10.2. The van der Waals surface area contributed by atoms with Crippen molar-refractivity contribution < 1.29 is 14.6 Å². The van der Waals surface area contributed by atoms with Crippen LogP contribution in [0.5, 0.6) is 0 Å². The van der Waals surface area contributed by atoms with Crippen LogP contribution in [0.2, 0.25) is 0 Å². The molecular weight excluding hydrogens is 194 g/mol. The lowest BCUT2D eigenvalue weighted by Gasteiger charge is -2.09. The number of rotatable bonds is 9. The van der Waals surface area contributed by atoms with E-state index in [1.54, 1.807) is 0 Å². The van der Waals surface area contributed by atoms with E-state index in [1.807, 2.05) is 0 Å². The summed E-state index contributed by atoms with van der Waals surface area (Å²) in [5.41, 5.74) is 0. The number of hydrogen-bond acceptors (Lipinski definition) is 4. The quantitative estimate of drug-likeness (QED) is 0.554. The van der Waals surface area contributed by atoms with Gasteiger partial charge in [0.25, 0.3) is 0 Å². The fraction of sp³-hybridized carbons (Fsp3) is 1.00. The lowest BCUT2D eigenvalue weighted by molar-refractivity contribution is 0.0896. The van der Waals surface area contributed by atoms with Gasteiger partial charge in [-0.3, -0.25) is 0 Å². The van der Waals surface area contributed by atoms with Crippen LogP contribution in [0, 0.1) is 0 Å². The van der Waals surface area contributed by atoms with Crippen LogP contribution in [0.3, 0.4) is 0 Å². The highest BCUT2D eigenvalue weighted by atomic mass is 16.5. The first-order chi connectivity index (χ1) is 7.43. The van der Waals surface area contributed by atoms with Gasteiger partial charge in [-0.1, -0.05) is 0 Å². The van der Waals surface area contributed by atoms with Gasteiger partial charge in [0.05, 0.1) is 19.3 Å². The molecule has 0 spiro atoms. The first kappa shape index (κ1) is 12.9. The molecule has 0 aliphatic carbocycles. The number of aliphatic hydroxyl groups excluding tert-OH is 1. The van der Waals surface area contributed by atoms with E-state index in [4.69, 9.17) is 14.6 Å². The average molecular weight is 217 g/mol. The molecule has 2 N–H and O–H groups in total. The largest absolute Gasteiger partial charge is 0.394 e. The van der Waals surface area contributed by atoms with Crippen molar-refractivity contribution in [2.45, 2.75) is 31.8 Å². The van der Waals surface area contributed by atoms with Crippen molar-refractivity contribution in [2.24, 2.45) is 0 Å². The lowest BCUT2D eigenvalue weighted by Crippen LogP contribution is -2.22. The van der Waals surface area contributed by atoms with Gasteiger partial charge in [-0.15, -0.1) is 0 Å². The van der Waals surface area contributed by atoms with Crippen molar-refractivity contribution in [3.8, 4) is 0 Å². The molecule has 0 aromatic heterocycles. The highest BCUT2D eigenvalue weighted by Crippen LogP contribution is 2.14. The third kappa shape index (κ3) is 6.84. The summed E-state index contributed by atoms with van der Waals surface area (Å²) in [6.45, 7) is 4.26. The molecule has 1 saturated heterocycles. The Balaban J connectivity index is 1.73. The molecule has 0 radical (unpaired) electrons. The third-order valence-corrected chi connectivity index (χ3v) is 2.54. The molecule has 0 amide bonds. The number of ether oxygens (including phenoxy) is 2. The first-order valence-electron chi connectivity index (χ1n) is 5.94. The molecule has 15 heavy (non-hydrogen) atoms. The minimum Gasteiger partial charge on any atom is -0.394 e. The van der Waals surface area contributed by atoms with Gasteiger partial charge in [0.15, 0.2) is 0 Å². The van der Waals surface area contributed by atoms with E-state index in [-0.39, 0.29) is 6.61 Å². The molecule has 0 saturated carbocycles. The summed E-state index contributed by atoms with van der Waals surface area (Å²) in [7, 11) is 0. The molecule has 1 aliphatic rings. The zero-order valence-electron chi connectivity index (χ0n) is 9.41. The van der Waals surface area contributed by atoms with Crippen LogP contribution < -0.4 is 5.32 Å². The zero-order chi connectivity index (χ0) is 10.8. The molecule has 90 valence electrons. The van der Waals surface area contributed by atoms with Crippen molar-refractivity contribution in [3.63, 3.8) is 0 Å². The summed E-state index contributed by atoms with van der Waals surface area (Å²) in [5, 5.41) is 11.8. The summed E-state index contributed by atoms with van der Waals surface area (Å²) >= 11 is 0. The van der Waals surface area contributed by atoms with Crippen LogP contribution in [0.1, 0.15) is 25.7 Å². The van der Waals surface area contributed by atoms with Gasteiger partial charge in [-0.2, -0.15) is 0 Å². The van der Waals surface area contributed by atoms with Crippen molar-refractivity contribution in [1.29, 1.82) is 0 Å². The summed E-state index contributed by atoms with van der Waals surface area (Å²) < 4.78 is 10.7. The second-order valence-electron chi connectivity index (χ2n) is 3.86. The number of aliphatic hydroxyl groups is 1. The summed E-state index contributed by atoms with van der Waals surface area (Å²) in [5.74, 6) is 0. The van der Waals surface area contributed by atoms with E-state index in [2.05, 4.69) is 5.32 Å². The van der Waals surface area contributed by atoms with Gasteiger partial charge in [-0.25, -0.2) is 0 Å². The second-order valence-corrected chi connectivity index (χ2v) is 3.86. The predicted octanol–water partition coefficient (Wildman–Crippen LogP) is 0.544. The van der Waals surface area contributed by atoms with Gasteiger partial charge in [-0.05, 0) is 38.8 Å². The predicted molar refractivity (Wildman–Crippen MR) is 59.0 cm³/mol. The van der Waals surface area contributed by atoms with Crippen molar-refractivity contribution >= 4 is 0 Å². The Morgan fingerprint density at radius 2 is 2.27 bits per heavy atom. The van der Waals surface area contributed by atoms with Crippen LogP contribution in [0.25, 0.3) is 0 Å². The van der Waals surface area contributed by atoms with Gasteiger partial charge < -0.3 is 19.9 Å².